The van der Waals surface area contributed by atoms with E-state index in [2.05, 4.69) is 5.10 Å². The van der Waals surface area contributed by atoms with Gasteiger partial charge in [-0.1, -0.05) is 0 Å². The average Bonchev–Trinajstić information content (AvgIpc) is 2.31. The first kappa shape index (κ1) is 8.20. The van der Waals surface area contributed by atoms with Crippen LogP contribution in [-0.2, 0) is 4.79 Å². The Kier molecular flexibility index (Phi) is 2.59. The predicted molar refractivity (Wildman–Crippen MR) is 43.4 cm³/mol. The third-order valence-corrected chi connectivity index (χ3v) is 1.53. The van der Waals surface area contributed by atoms with Crippen LogP contribution in [0.2, 0.25) is 0 Å². The molecule has 0 aromatic carbocycles. The Morgan fingerprint density at radius 2 is 2.45 bits per heavy atom. The third-order valence-electron chi connectivity index (χ3n) is 1.53. The fourth-order valence-electron chi connectivity index (χ4n) is 0.864. The van der Waals surface area contributed by atoms with Crippen molar-refractivity contribution >= 4 is 12.1 Å². The molecule has 1 aliphatic rings. The second-order valence-corrected chi connectivity index (χ2v) is 2.82. The van der Waals surface area contributed by atoms with Crippen molar-refractivity contribution in [1.82, 2.24) is 9.91 Å². The fourth-order valence-corrected chi connectivity index (χ4v) is 0.864. The number of amides is 1. The van der Waals surface area contributed by atoms with Gasteiger partial charge in [0, 0.05) is 12.8 Å². The van der Waals surface area contributed by atoms with Crippen LogP contribution >= 0.6 is 0 Å². The van der Waals surface area contributed by atoms with Crippen molar-refractivity contribution in [2.45, 2.75) is 6.42 Å². The van der Waals surface area contributed by atoms with Crippen LogP contribution in [0.25, 0.3) is 0 Å². The van der Waals surface area contributed by atoms with Crippen LogP contribution in [0.15, 0.2) is 5.10 Å². The molecule has 1 aliphatic heterocycles. The number of likely N-dealkylation sites (N-methyl/N-ethyl adjacent to an activating group) is 1. The van der Waals surface area contributed by atoms with Crippen molar-refractivity contribution in [1.29, 1.82) is 0 Å². The minimum absolute atomic E-state index is 0.104. The van der Waals surface area contributed by atoms with E-state index in [9.17, 15) is 4.79 Å². The van der Waals surface area contributed by atoms with E-state index in [0.717, 1.165) is 6.54 Å². The van der Waals surface area contributed by atoms with E-state index >= 15 is 0 Å². The number of nitrogens with zero attached hydrogens (tertiary/aromatic N) is 3. The van der Waals surface area contributed by atoms with Gasteiger partial charge < -0.3 is 4.90 Å². The first-order valence-corrected chi connectivity index (χ1v) is 3.67. The van der Waals surface area contributed by atoms with Gasteiger partial charge in [0.25, 0.3) is 0 Å². The molecule has 0 aliphatic carbocycles. The van der Waals surface area contributed by atoms with Gasteiger partial charge in [0.15, 0.2) is 0 Å². The van der Waals surface area contributed by atoms with Gasteiger partial charge in [-0.15, -0.1) is 0 Å². The molecule has 0 fully saturated rings. The Bertz CT molecular complexity index is 177. The molecule has 0 saturated heterocycles. The molecule has 1 heterocycles. The summed E-state index contributed by atoms with van der Waals surface area (Å²) in [6.07, 6.45) is 2.12. The topological polar surface area (TPSA) is 35.9 Å². The lowest BCUT2D eigenvalue weighted by Crippen LogP contribution is -2.29. The second kappa shape index (κ2) is 3.48. The molecule has 11 heavy (non-hydrogen) atoms. The minimum Gasteiger partial charge on any atom is -0.308 e. The number of hydrogen-bond donors (Lipinski definition) is 0. The van der Waals surface area contributed by atoms with Crippen LogP contribution in [0.3, 0.4) is 0 Å². The molecule has 0 bridgehead atoms. The van der Waals surface area contributed by atoms with Crippen LogP contribution in [0, 0.1) is 0 Å². The Morgan fingerprint density at radius 1 is 1.73 bits per heavy atom. The zero-order valence-corrected chi connectivity index (χ0v) is 6.95. The quantitative estimate of drug-likeness (QED) is 0.564. The summed E-state index contributed by atoms with van der Waals surface area (Å²) in [4.78, 5) is 13.0. The molecular formula is C7H13N3O. The van der Waals surface area contributed by atoms with Crippen molar-refractivity contribution < 1.29 is 4.79 Å². The molecule has 4 heteroatoms. The van der Waals surface area contributed by atoms with Crippen molar-refractivity contribution in [2.24, 2.45) is 5.10 Å². The Labute approximate surface area is 66.5 Å². The summed E-state index contributed by atoms with van der Waals surface area (Å²) in [6, 6.07) is 0. The SMILES string of the molecule is CN(C)CCN1N=CCC1=O. The first-order chi connectivity index (χ1) is 5.20. The number of carbonyl (C=O) groups excluding carboxylic acids is 1. The molecule has 0 N–H and O–H groups in total. The van der Waals surface area contributed by atoms with E-state index in [1.165, 1.54) is 5.01 Å². The zero-order valence-electron chi connectivity index (χ0n) is 6.95. The van der Waals surface area contributed by atoms with Gasteiger partial charge in [-0.05, 0) is 14.1 Å². The van der Waals surface area contributed by atoms with Gasteiger partial charge >= 0.3 is 0 Å². The van der Waals surface area contributed by atoms with E-state index in [0.29, 0.717) is 13.0 Å². The molecule has 1 amide bonds. The lowest BCUT2D eigenvalue weighted by atomic mass is 10.4. The smallest absolute Gasteiger partial charge is 0.248 e. The van der Waals surface area contributed by atoms with Gasteiger partial charge in [-0.25, -0.2) is 5.01 Å². The van der Waals surface area contributed by atoms with E-state index in [1.54, 1.807) is 6.21 Å². The van der Waals surface area contributed by atoms with Crippen LogP contribution in [-0.4, -0.2) is 49.2 Å². The monoisotopic (exact) mass is 155 g/mol. The van der Waals surface area contributed by atoms with Gasteiger partial charge in [-0.3, -0.25) is 4.79 Å². The molecule has 0 atom stereocenters. The largest absolute Gasteiger partial charge is 0.308 e. The van der Waals surface area contributed by atoms with Crippen LogP contribution < -0.4 is 0 Å². The summed E-state index contributed by atoms with van der Waals surface area (Å²) in [5, 5.41) is 5.43. The summed E-state index contributed by atoms with van der Waals surface area (Å²) in [6.45, 7) is 1.56. The van der Waals surface area contributed by atoms with Crippen LogP contribution in [0.5, 0.6) is 0 Å². The lowest BCUT2D eigenvalue weighted by Gasteiger charge is -2.14. The van der Waals surface area contributed by atoms with Crippen molar-refractivity contribution in [3.05, 3.63) is 0 Å². The first-order valence-electron chi connectivity index (χ1n) is 3.67. The highest BCUT2D eigenvalue weighted by molar-refractivity contribution is 5.93. The summed E-state index contributed by atoms with van der Waals surface area (Å²) >= 11 is 0. The highest BCUT2D eigenvalue weighted by Gasteiger charge is 2.15. The maximum atomic E-state index is 11.0. The summed E-state index contributed by atoms with van der Waals surface area (Å²) in [5.41, 5.74) is 0. The van der Waals surface area contributed by atoms with E-state index in [-0.39, 0.29) is 5.91 Å². The summed E-state index contributed by atoms with van der Waals surface area (Å²) < 4.78 is 0. The fraction of sp³-hybridized carbons (Fsp3) is 0.714. The number of hydrazone groups is 1. The van der Waals surface area contributed by atoms with Crippen LogP contribution in [0.1, 0.15) is 6.42 Å². The Morgan fingerprint density at radius 3 is 2.91 bits per heavy atom. The molecular weight excluding hydrogens is 142 g/mol. The van der Waals surface area contributed by atoms with Gasteiger partial charge in [0.05, 0.1) is 13.0 Å². The molecule has 0 aromatic heterocycles. The molecule has 0 radical (unpaired) electrons. The second-order valence-electron chi connectivity index (χ2n) is 2.82. The van der Waals surface area contributed by atoms with Crippen molar-refractivity contribution in [3.8, 4) is 0 Å². The number of carbonyl (C=O) groups is 1. The minimum atomic E-state index is 0.104. The Hall–Kier alpha value is -0.900. The van der Waals surface area contributed by atoms with Crippen molar-refractivity contribution in [3.63, 3.8) is 0 Å². The van der Waals surface area contributed by atoms with Crippen molar-refractivity contribution in [2.75, 3.05) is 27.2 Å². The third kappa shape index (κ3) is 2.31. The molecule has 62 valence electrons. The molecule has 4 nitrogen and oxygen atoms in total. The van der Waals surface area contributed by atoms with E-state index in [1.807, 2.05) is 19.0 Å². The average molecular weight is 155 g/mol. The standard InChI is InChI=1S/C7H13N3O/c1-9(2)5-6-10-7(11)3-4-8-10/h4H,3,5-6H2,1-2H3. The Balaban J connectivity index is 2.26. The van der Waals surface area contributed by atoms with Gasteiger partial charge in [0.1, 0.15) is 0 Å². The van der Waals surface area contributed by atoms with Crippen LogP contribution in [0.4, 0.5) is 0 Å². The van der Waals surface area contributed by atoms with E-state index in [4.69, 9.17) is 0 Å². The highest BCUT2D eigenvalue weighted by atomic mass is 16.2. The molecule has 0 saturated carbocycles. The number of rotatable bonds is 3. The normalized spacial score (nSPS) is 17.0. The summed E-state index contributed by atoms with van der Waals surface area (Å²) in [7, 11) is 3.95. The summed E-state index contributed by atoms with van der Waals surface area (Å²) in [5.74, 6) is 0.104. The maximum Gasteiger partial charge on any atom is 0.248 e. The molecule has 1 rings (SSSR count). The highest BCUT2D eigenvalue weighted by Crippen LogP contribution is 2.00. The van der Waals surface area contributed by atoms with Gasteiger partial charge in [0.2, 0.25) is 5.91 Å². The molecule has 0 aromatic rings. The van der Waals surface area contributed by atoms with E-state index < -0.39 is 0 Å². The lowest BCUT2D eigenvalue weighted by molar-refractivity contribution is -0.128. The number of hydrogen-bond acceptors (Lipinski definition) is 3. The predicted octanol–water partition coefficient (Wildman–Crippen LogP) is -0.234. The zero-order chi connectivity index (χ0) is 8.27. The van der Waals surface area contributed by atoms with Gasteiger partial charge in [-0.2, -0.15) is 5.10 Å². The molecule has 0 unspecified atom stereocenters. The molecule has 0 spiro atoms. The maximum absolute atomic E-state index is 11.0.